The van der Waals surface area contributed by atoms with Gasteiger partial charge in [0, 0.05) is 11.4 Å². The van der Waals surface area contributed by atoms with Crippen LogP contribution in [0.2, 0.25) is 0 Å². The second kappa shape index (κ2) is 2.62. The summed E-state index contributed by atoms with van der Waals surface area (Å²) in [5.74, 6) is -0.0336. The lowest BCUT2D eigenvalue weighted by Gasteiger charge is -1.97. The highest BCUT2D eigenvalue weighted by Crippen LogP contribution is 2.19. The first kappa shape index (κ1) is 6.79. The molecule has 0 aliphatic heterocycles. The minimum absolute atomic E-state index is 0.0336. The van der Waals surface area contributed by atoms with Gasteiger partial charge in [-0.2, -0.15) is 0 Å². The number of hydrogen-bond donors (Lipinski definition) is 1. The number of aromatic nitrogens is 1. The van der Waals surface area contributed by atoms with Gasteiger partial charge in [-0.25, -0.2) is 4.98 Å². The Morgan fingerprint density at radius 2 is 2.55 bits per heavy atom. The number of nitrogens with one attached hydrogen (secondary N) is 1. The van der Waals surface area contributed by atoms with E-state index in [1.54, 1.807) is 10.9 Å². The predicted molar refractivity (Wildman–Crippen MR) is 42.6 cm³/mol. The SMILES string of the molecule is O=C(NC1CC1)c1cscn1. The smallest absolute Gasteiger partial charge is 0.270 e. The molecule has 1 fully saturated rings. The average Bonchev–Trinajstić information content (AvgIpc) is 2.67. The molecule has 1 aromatic heterocycles. The lowest BCUT2D eigenvalue weighted by Crippen LogP contribution is -2.25. The highest BCUT2D eigenvalue weighted by atomic mass is 32.1. The van der Waals surface area contributed by atoms with Gasteiger partial charge >= 0.3 is 0 Å². The molecule has 3 nitrogen and oxygen atoms in total. The van der Waals surface area contributed by atoms with Crippen LogP contribution in [0, 0.1) is 0 Å². The van der Waals surface area contributed by atoms with Crippen LogP contribution in [0.1, 0.15) is 23.3 Å². The summed E-state index contributed by atoms with van der Waals surface area (Å²) in [7, 11) is 0. The highest BCUT2D eigenvalue weighted by molar-refractivity contribution is 7.07. The molecule has 58 valence electrons. The zero-order valence-electron chi connectivity index (χ0n) is 5.91. The zero-order chi connectivity index (χ0) is 7.68. The van der Waals surface area contributed by atoms with Crippen LogP contribution in [0.5, 0.6) is 0 Å². The standard InChI is InChI=1S/C7H8N2OS/c10-7(9-5-1-2-5)6-3-11-4-8-6/h3-5H,1-2H2,(H,9,10). The molecule has 4 heteroatoms. The monoisotopic (exact) mass is 168 g/mol. The van der Waals surface area contributed by atoms with Crippen LogP contribution < -0.4 is 5.32 Å². The fourth-order valence-electron chi connectivity index (χ4n) is 0.812. The molecule has 1 N–H and O–H groups in total. The maximum absolute atomic E-state index is 11.2. The van der Waals surface area contributed by atoms with Gasteiger partial charge in [-0.1, -0.05) is 0 Å². The molecule has 1 amide bonds. The third-order valence-corrected chi connectivity index (χ3v) is 2.16. The first-order valence-electron chi connectivity index (χ1n) is 3.55. The Balaban J connectivity index is 1.99. The van der Waals surface area contributed by atoms with Gasteiger partial charge in [-0.3, -0.25) is 4.79 Å². The number of carbonyl (C=O) groups excluding carboxylic acids is 1. The Hall–Kier alpha value is -0.900. The van der Waals surface area contributed by atoms with Crippen molar-refractivity contribution in [2.75, 3.05) is 0 Å². The van der Waals surface area contributed by atoms with Gasteiger partial charge in [-0.15, -0.1) is 11.3 Å². The van der Waals surface area contributed by atoms with Crippen molar-refractivity contribution in [2.45, 2.75) is 18.9 Å². The van der Waals surface area contributed by atoms with E-state index in [1.807, 2.05) is 0 Å². The van der Waals surface area contributed by atoms with E-state index in [-0.39, 0.29) is 5.91 Å². The maximum Gasteiger partial charge on any atom is 0.270 e. The highest BCUT2D eigenvalue weighted by Gasteiger charge is 2.24. The molecule has 1 aromatic rings. The molecule has 0 aromatic carbocycles. The van der Waals surface area contributed by atoms with Crippen LogP contribution in [0.15, 0.2) is 10.9 Å². The second-order valence-electron chi connectivity index (χ2n) is 2.62. The second-order valence-corrected chi connectivity index (χ2v) is 3.34. The fraction of sp³-hybridized carbons (Fsp3) is 0.429. The summed E-state index contributed by atoms with van der Waals surface area (Å²) in [5, 5.41) is 4.62. The molecule has 11 heavy (non-hydrogen) atoms. The maximum atomic E-state index is 11.2. The minimum atomic E-state index is -0.0336. The lowest BCUT2D eigenvalue weighted by molar-refractivity contribution is 0.0947. The normalized spacial score (nSPS) is 16.4. The van der Waals surface area contributed by atoms with E-state index in [0.29, 0.717) is 11.7 Å². The topological polar surface area (TPSA) is 42.0 Å². The summed E-state index contributed by atoms with van der Waals surface area (Å²) in [5.41, 5.74) is 2.21. The van der Waals surface area contributed by atoms with Crippen molar-refractivity contribution in [1.29, 1.82) is 0 Å². The van der Waals surface area contributed by atoms with Crippen molar-refractivity contribution >= 4 is 17.2 Å². The summed E-state index contributed by atoms with van der Waals surface area (Å²) in [6, 6.07) is 0.421. The fourth-order valence-corrected chi connectivity index (χ4v) is 1.34. The Labute approximate surface area is 68.5 Å². The third kappa shape index (κ3) is 1.57. The van der Waals surface area contributed by atoms with Gasteiger partial charge in [0.15, 0.2) is 0 Å². The van der Waals surface area contributed by atoms with Gasteiger partial charge < -0.3 is 5.32 Å². The van der Waals surface area contributed by atoms with E-state index >= 15 is 0 Å². The molecular weight excluding hydrogens is 160 g/mol. The molecule has 0 saturated heterocycles. The summed E-state index contributed by atoms with van der Waals surface area (Å²) in [6.07, 6.45) is 2.24. The number of hydrogen-bond acceptors (Lipinski definition) is 3. The lowest BCUT2D eigenvalue weighted by atomic mass is 10.4. The summed E-state index contributed by atoms with van der Waals surface area (Å²) >= 11 is 1.44. The molecule has 0 bridgehead atoms. The minimum Gasteiger partial charge on any atom is -0.348 e. The van der Waals surface area contributed by atoms with Crippen LogP contribution >= 0.6 is 11.3 Å². The average molecular weight is 168 g/mol. The third-order valence-electron chi connectivity index (χ3n) is 1.58. The van der Waals surface area contributed by atoms with Crippen molar-refractivity contribution in [3.63, 3.8) is 0 Å². The van der Waals surface area contributed by atoms with E-state index in [1.165, 1.54) is 11.3 Å². The van der Waals surface area contributed by atoms with Gasteiger partial charge in [0.25, 0.3) is 5.91 Å². The van der Waals surface area contributed by atoms with Crippen LogP contribution in [-0.2, 0) is 0 Å². The number of rotatable bonds is 2. The van der Waals surface area contributed by atoms with Crippen LogP contribution in [0.25, 0.3) is 0 Å². The number of carbonyl (C=O) groups is 1. The molecule has 0 unspecified atom stereocenters. The molecule has 0 spiro atoms. The van der Waals surface area contributed by atoms with E-state index in [9.17, 15) is 4.79 Å². The van der Waals surface area contributed by atoms with Crippen LogP contribution in [0.3, 0.4) is 0 Å². The van der Waals surface area contributed by atoms with Crippen molar-refractivity contribution in [3.05, 3.63) is 16.6 Å². The van der Waals surface area contributed by atoms with Gasteiger partial charge in [0.2, 0.25) is 0 Å². The summed E-state index contributed by atoms with van der Waals surface area (Å²) in [4.78, 5) is 15.1. The van der Waals surface area contributed by atoms with Crippen molar-refractivity contribution < 1.29 is 4.79 Å². The molecule has 1 heterocycles. The zero-order valence-corrected chi connectivity index (χ0v) is 6.73. The van der Waals surface area contributed by atoms with E-state index < -0.39 is 0 Å². The Morgan fingerprint density at radius 1 is 1.73 bits per heavy atom. The molecule has 0 radical (unpaired) electrons. The molecule has 1 aliphatic carbocycles. The van der Waals surface area contributed by atoms with Gasteiger partial charge in [0.1, 0.15) is 5.69 Å². The number of nitrogens with zero attached hydrogens (tertiary/aromatic N) is 1. The van der Waals surface area contributed by atoms with Crippen molar-refractivity contribution in [3.8, 4) is 0 Å². The van der Waals surface area contributed by atoms with E-state index in [4.69, 9.17) is 0 Å². The molecule has 1 saturated carbocycles. The van der Waals surface area contributed by atoms with Crippen LogP contribution in [0.4, 0.5) is 0 Å². The molecule has 1 aliphatic rings. The van der Waals surface area contributed by atoms with Gasteiger partial charge in [0.05, 0.1) is 5.51 Å². The summed E-state index contributed by atoms with van der Waals surface area (Å²) in [6.45, 7) is 0. The Bertz CT molecular complexity index is 253. The molecular formula is C7H8N2OS. The van der Waals surface area contributed by atoms with Crippen LogP contribution in [-0.4, -0.2) is 16.9 Å². The van der Waals surface area contributed by atoms with Crippen molar-refractivity contribution in [1.82, 2.24) is 10.3 Å². The predicted octanol–water partition coefficient (Wildman–Crippen LogP) is 1.04. The largest absolute Gasteiger partial charge is 0.348 e. The first-order valence-corrected chi connectivity index (χ1v) is 4.49. The van der Waals surface area contributed by atoms with Crippen molar-refractivity contribution in [2.24, 2.45) is 0 Å². The first-order chi connectivity index (χ1) is 5.36. The molecule has 2 rings (SSSR count). The molecule has 0 atom stereocenters. The van der Waals surface area contributed by atoms with E-state index in [2.05, 4.69) is 10.3 Å². The quantitative estimate of drug-likeness (QED) is 0.716. The number of amides is 1. The van der Waals surface area contributed by atoms with Gasteiger partial charge in [-0.05, 0) is 12.8 Å². The summed E-state index contributed by atoms with van der Waals surface area (Å²) < 4.78 is 0. The van der Waals surface area contributed by atoms with E-state index in [0.717, 1.165) is 12.8 Å². The Morgan fingerprint density at radius 3 is 3.09 bits per heavy atom. The number of thiazole rings is 1. The Kier molecular flexibility index (Phi) is 1.62.